The lowest BCUT2D eigenvalue weighted by Crippen LogP contribution is -2.21. The predicted octanol–water partition coefficient (Wildman–Crippen LogP) is 2.63. The van der Waals surface area contributed by atoms with Gasteiger partial charge in [-0.25, -0.2) is 9.97 Å². The summed E-state index contributed by atoms with van der Waals surface area (Å²) < 4.78 is 5.16. The Kier molecular flexibility index (Phi) is 3.79. The van der Waals surface area contributed by atoms with E-state index in [1.807, 2.05) is 24.3 Å². The highest BCUT2D eigenvalue weighted by Crippen LogP contribution is 2.22. The molecule has 2 aromatic heterocycles. The van der Waals surface area contributed by atoms with Gasteiger partial charge in [-0.3, -0.25) is 4.79 Å². The molecule has 106 valence electrons. The zero-order valence-electron chi connectivity index (χ0n) is 11.4. The van der Waals surface area contributed by atoms with Crippen LogP contribution < -0.4 is 10.1 Å². The van der Waals surface area contributed by atoms with Gasteiger partial charge in [-0.1, -0.05) is 12.1 Å². The van der Waals surface area contributed by atoms with E-state index in [-0.39, 0.29) is 5.91 Å². The zero-order valence-corrected chi connectivity index (χ0v) is 12.2. The number of hydrogen-bond acceptors (Lipinski definition) is 5. The molecule has 0 unspecified atom stereocenters. The van der Waals surface area contributed by atoms with Crippen molar-refractivity contribution in [3.63, 3.8) is 0 Å². The van der Waals surface area contributed by atoms with Crippen molar-refractivity contribution in [1.82, 2.24) is 15.3 Å². The normalized spacial score (nSPS) is 10.5. The number of fused-ring (bicyclic) bond motifs is 1. The average molecular weight is 299 g/mol. The van der Waals surface area contributed by atoms with Crippen LogP contribution in [0, 0.1) is 0 Å². The number of carbonyl (C=O) groups is 1. The molecule has 1 aromatic carbocycles. The van der Waals surface area contributed by atoms with E-state index in [2.05, 4.69) is 15.3 Å². The number of nitrogens with one attached hydrogen (secondary N) is 1. The topological polar surface area (TPSA) is 64.1 Å². The minimum absolute atomic E-state index is 0.110. The maximum absolute atomic E-state index is 12.2. The van der Waals surface area contributed by atoms with Crippen LogP contribution in [0.4, 0.5) is 0 Å². The highest BCUT2D eigenvalue weighted by atomic mass is 32.1. The van der Waals surface area contributed by atoms with E-state index >= 15 is 0 Å². The predicted molar refractivity (Wildman–Crippen MR) is 81.6 cm³/mol. The van der Waals surface area contributed by atoms with E-state index in [0.29, 0.717) is 11.4 Å². The zero-order chi connectivity index (χ0) is 14.7. The fourth-order valence-corrected chi connectivity index (χ4v) is 2.84. The molecule has 0 spiro atoms. The van der Waals surface area contributed by atoms with Crippen molar-refractivity contribution >= 4 is 27.5 Å². The molecule has 0 aliphatic rings. The number of nitrogens with zero attached hydrogens (tertiary/aromatic N) is 2. The molecule has 21 heavy (non-hydrogen) atoms. The van der Waals surface area contributed by atoms with Crippen molar-refractivity contribution in [1.29, 1.82) is 0 Å². The molecule has 2 heterocycles. The van der Waals surface area contributed by atoms with Crippen LogP contribution >= 0.6 is 11.3 Å². The minimum Gasteiger partial charge on any atom is -0.497 e. The Bertz CT molecular complexity index is 752. The standard InChI is InChI=1S/C15H13N3O2S/c1-20-12-4-2-3-10(5-12)7-17-14(19)13-6-11-8-16-9-18-15(11)21-13/h2-6,8-9H,7H2,1H3,(H,17,19). The number of ether oxygens (including phenoxy) is 1. The first-order valence-corrected chi connectivity index (χ1v) is 7.18. The second kappa shape index (κ2) is 5.88. The number of hydrogen-bond donors (Lipinski definition) is 1. The van der Waals surface area contributed by atoms with E-state index in [0.717, 1.165) is 21.5 Å². The van der Waals surface area contributed by atoms with E-state index in [9.17, 15) is 4.79 Å². The van der Waals surface area contributed by atoms with Crippen molar-refractivity contribution in [3.8, 4) is 5.75 Å². The SMILES string of the molecule is COc1cccc(CNC(=O)c2cc3cncnc3s2)c1. The van der Waals surface area contributed by atoms with Gasteiger partial charge in [-0.2, -0.15) is 0 Å². The molecule has 3 rings (SSSR count). The summed E-state index contributed by atoms with van der Waals surface area (Å²) in [6.45, 7) is 0.454. The Morgan fingerprint density at radius 3 is 3.10 bits per heavy atom. The van der Waals surface area contributed by atoms with Crippen LogP contribution in [0.15, 0.2) is 42.9 Å². The van der Waals surface area contributed by atoms with Gasteiger partial charge in [0.05, 0.1) is 12.0 Å². The largest absolute Gasteiger partial charge is 0.497 e. The van der Waals surface area contributed by atoms with Gasteiger partial charge in [0, 0.05) is 18.1 Å². The molecule has 5 nitrogen and oxygen atoms in total. The van der Waals surface area contributed by atoms with Crippen LogP contribution in [0.25, 0.3) is 10.2 Å². The summed E-state index contributed by atoms with van der Waals surface area (Å²) in [6.07, 6.45) is 3.19. The number of rotatable bonds is 4. The smallest absolute Gasteiger partial charge is 0.261 e. The third kappa shape index (κ3) is 3.00. The summed E-state index contributed by atoms with van der Waals surface area (Å²) in [6, 6.07) is 9.42. The molecule has 0 saturated carbocycles. The number of aromatic nitrogens is 2. The second-order valence-corrected chi connectivity index (χ2v) is 5.46. The Balaban J connectivity index is 1.71. The number of carbonyl (C=O) groups excluding carboxylic acids is 1. The highest BCUT2D eigenvalue weighted by Gasteiger charge is 2.10. The molecule has 1 N–H and O–H groups in total. The van der Waals surface area contributed by atoms with Crippen molar-refractivity contribution in [3.05, 3.63) is 53.3 Å². The number of benzene rings is 1. The van der Waals surface area contributed by atoms with E-state index < -0.39 is 0 Å². The first-order valence-electron chi connectivity index (χ1n) is 6.37. The second-order valence-electron chi connectivity index (χ2n) is 4.43. The van der Waals surface area contributed by atoms with Gasteiger partial charge in [0.25, 0.3) is 5.91 Å². The first-order chi connectivity index (χ1) is 10.3. The van der Waals surface area contributed by atoms with Crippen LogP contribution in [0.3, 0.4) is 0 Å². The van der Waals surface area contributed by atoms with Crippen molar-refractivity contribution in [2.75, 3.05) is 7.11 Å². The third-order valence-corrected chi connectivity index (χ3v) is 4.06. The van der Waals surface area contributed by atoms with Crippen LogP contribution in [0.5, 0.6) is 5.75 Å². The van der Waals surface area contributed by atoms with Crippen molar-refractivity contribution in [2.45, 2.75) is 6.54 Å². The molecule has 0 bridgehead atoms. The van der Waals surface area contributed by atoms with Crippen LogP contribution in [-0.4, -0.2) is 23.0 Å². The van der Waals surface area contributed by atoms with Gasteiger partial charge in [-0.05, 0) is 23.8 Å². The molecule has 0 aliphatic carbocycles. The molecule has 3 aromatic rings. The molecule has 0 atom stereocenters. The Morgan fingerprint density at radius 2 is 2.29 bits per heavy atom. The summed E-state index contributed by atoms with van der Waals surface area (Å²) in [5.41, 5.74) is 0.989. The molecule has 0 radical (unpaired) electrons. The van der Waals surface area contributed by atoms with Crippen molar-refractivity contribution in [2.24, 2.45) is 0 Å². The summed E-state index contributed by atoms with van der Waals surface area (Å²) in [5.74, 6) is 0.666. The summed E-state index contributed by atoms with van der Waals surface area (Å²) in [5, 5.41) is 3.78. The van der Waals surface area contributed by atoms with Gasteiger partial charge in [0.1, 0.15) is 16.9 Å². The van der Waals surface area contributed by atoms with Gasteiger partial charge < -0.3 is 10.1 Å². The monoisotopic (exact) mass is 299 g/mol. The molecule has 0 aliphatic heterocycles. The van der Waals surface area contributed by atoms with Crippen LogP contribution in [0.2, 0.25) is 0 Å². The van der Waals surface area contributed by atoms with Crippen LogP contribution in [0.1, 0.15) is 15.2 Å². The molecular weight excluding hydrogens is 286 g/mol. The molecule has 0 saturated heterocycles. The quantitative estimate of drug-likeness (QED) is 0.804. The lowest BCUT2D eigenvalue weighted by atomic mass is 10.2. The van der Waals surface area contributed by atoms with E-state index in [4.69, 9.17) is 4.74 Å². The number of thiophene rings is 1. The summed E-state index contributed by atoms with van der Waals surface area (Å²) in [7, 11) is 1.62. The van der Waals surface area contributed by atoms with Crippen molar-refractivity contribution < 1.29 is 9.53 Å². The summed E-state index contributed by atoms with van der Waals surface area (Å²) >= 11 is 1.36. The lowest BCUT2D eigenvalue weighted by molar-refractivity contribution is 0.0955. The Hall–Kier alpha value is -2.47. The Morgan fingerprint density at radius 1 is 1.38 bits per heavy atom. The number of amides is 1. The molecule has 6 heteroatoms. The van der Waals surface area contributed by atoms with Crippen LogP contribution in [-0.2, 0) is 6.54 Å². The maximum atomic E-state index is 12.2. The number of methoxy groups -OCH3 is 1. The summed E-state index contributed by atoms with van der Waals surface area (Å²) in [4.78, 5) is 21.7. The fraction of sp³-hybridized carbons (Fsp3) is 0.133. The molecule has 0 fully saturated rings. The van der Waals surface area contributed by atoms with E-state index in [1.165, 1.54) is 17.7 Å². The van der Waals surface area contributed by atoms with Gasteiger partial charge in [0.2, 0.25) is 0 Å². The van der Waals surface area contributed by atoms with Gasteiger partial charge in [-0.15, -0.1) is 11.3 Å². The maximum Gasteiger partial charge on any atom is 0.261 e. The van der Waals surface area contributed by atoms with Gasteiger partial charge in [0.15, 0.2) is 0 Å². The first kappa shape index (κ1) is 13.5. The fourth-order valence-electron chi connectivity index (χ4n) is 1.95. The molecular formula is C15H13N3O2S. The molecule has 1 amide bonds. The highest BCUT2D eigenvalue weighted by molar-refractivity contribution is 7.20. The average Bonchev–Trinajstić information content (AvgIpc) is 2.97. The lowest BCUT2D eigenvalue weighted by Gasteiger charge is -2.05. The Labute approximate surface area is 125 Å². The van der Waals surface area contributed by atoms with E-state index in [1.54, 1.807) is 19.4 Å². The third-order valence-electron chi connectivity index (χ3n) is 3.01. The minimum atomic E-state index is -0.110. The van der Waals surface area contributed by atoms with Gasteiger partial charge >= 0.3 is 0 Å².